The Kier molecular flexibility index (Phi) is 43.9. The van der Waals surface area contributed by atoms with Gasteiger partial charge in [-0.1, -0.05) is 0 Å². The predicted molar refractivity (Wildman–Crippen MR) is 600 cm³/mol. The number of anilines is 18. The number of aryl methyl sites for hydroxylation is 9. The summed E-state index contributed by atoms with van der Waals surface area (Å²) in [6, 6.07) is 37.6. The van der Waals surface area contributed by atoms with Crippen LogP contribution in [0.15, 0.2) is 109 Å². The van der Waals surface area contributed by atoms with Crippen LogP contribution < -0.4 is 94.5 Å². The molecule has 0 fully saturated rings. The molecule has 0 unspecified atom stereocenters. The number of aromatic nitrogens is 36. The van der Waals surface area contributed by atoms with Gasteiger partial charge < -0.3 is 139 Å². The van der Waals surface area contributed by atoms with E-state index in [1.165, 1.54) is 102 Å². The Labute approximate surface area is 873 Å². The highest BCUT2D eigenvalue weighted by molar-refractivity contribution is 5.43. The van der Waals surface area contributed by atoms with Crippen LogP contribution >= 0.6 is 0 Å². The number of hydrogen-bond donors (Lipinski definition) is 26. The quantitative estimate of drug-likeness (QED) is 0.0170. The molecular weight excluding hydrogens is 1910 g/mol. The van der Waals surface area contributed by atoms with Crippen molar-refractivity contribution in [3.63, 3.8) is 0 Å². The minimum atomic E-state index is 0.327. The van der Waals surface area contributed by atoms with Crippen LogP contribution in [0.4, 0.5) is 107 Å². The number of rotatable bonds is 41. The first-order valence-corrected chi connectivity index (χ1v) is 49.3. The van der Waals surface area contributed by atoms with E-state index in [1.54, 1.807) is 16.2 Å². The molecule has 18 heterocycles. The summed E-state index contributed by atoms with van der Waals surface area (Å²) in [4.78, 5) is 68.5. The first kappa shape index (κ1) is 114. The lowest BCUT2D eigenvalue weighted by Gasteiger charge is -2.16. The third kappa shape index (κ3) is 38.3. The van der Waals surface area contributed by atoms with Crippen LogP contribution in [0.1, 0.15) is 102 Å². The summed E-state index contributed by atoms with van der Waals surface area (Å²) in [6.07, 6.45) is 8.42. The number of nitrogen functional groups attached to an aromatic ring is 4. The number of nitrogens with one attached hydrogen (secondary N) is 22. The highest BCUT2D eigenvalue weighted by Crippen LogP contribution is 2.20. The Morgan fingerprint density at radius 3 is 0.907 bits per heavy atom. The average Bonchev–Trinajstić information content (AvgIpc) is 1.70. The van der Waals surface area contributed by atoms with E-state index in [-0.39, 0.29) is 0 Å². The van der Waals surface area contributed by atoms with Crippen LogP contribution in [-0.2, 0) is 78.9 Å². The summed E-state index contributed by atoms with van der Waals surface area (Å²) in [5.41, 5.74) is 43.7. The van der Waals surface area contributed by atoms with E-state index in [2.05, 4.69) is 352 Å². The topological polar surface area (TPSA) is 695 Å². The lowest BCUT2D eigenvalue weighted by molar-refractivity contribution is 0.786. The van der Waals surface area contributed by atoms with E-state index < -0.39 is 0 Å². The van der Waals surface area contributed by atoms with Gasteiger partial charge in [-0.15, -0.1) is 61.2 Å². The molecule has 0 saturated heterocycles. The van der Waals surface area contributed by atoms with E-state index in [4.69, 9.17) is 22.9 Å². The summed E-state index contributed by atoms with van der Waals surface area (Å²) in [6.45, 7) is 26.0. The summed E-state index contributed by atoms with van der Waals surface area (Å²) >= 11 is 0. The van der Waals surface area contributed by atoms with Crippen LogP contribution in [0.25, 0.3) is 0 Å². The van der Waals surface area contributed by atoms with Crippen LogP contribution in [0.2, 0.25) is 0 Å². The molecule has 18 rings (SSSR count). The Hall–Kier alpha value is -17.8. The van der Waals surface area contributed by atoms with Gasteiger partial charge >= 0.3 is 0 Å². The first-order chi connectivity index (χ1) is 71.9. The number of aromatic amines is 15. The molecule has 0 aliphatic carbocycles. The summed E-state index contributed by atoms with van der Waals surface area (Å²) < 4.78 is 5.44. The van der Waals surface area contributed by atoms with Crippen molar-refractivity contribution in [2.45, 2.75) is 120 Å². The number of likely N-dealkylation sites (N-methyl/N-ethyl adjacent to an activating group) is 4. The number of nitrogens with two attached hydrogens (primary N) is 4. The maximum absolute atomic E-state index is 5.65. The monoisotopic (exact) mass is 2070 g/mol. The molecule has 0 amide bonds. The molecule has 0 saturated carbocycles. The molecule has 0 atom stereocenters. The van der Waals surface area contributed by atoms with Gasteiger partial charge in [-0.05, 0) is 172 Å². The number of nitrogens with zero attached hydrogens (tertiary/aromatic N) is 28. The lowest BCUT2D eigenvalue weighted by atomic mass is 10.3. The van der Waals surface area contributed by atoms with Crippen molar-refractivity contribution in [1.82, 2.24) is 180 Å². The minimum absolute atomic E-state index is 0.327. The maximum atomic E-state index is 5.65. The van der Waals surface area contributed by atoms with Gasteiger partial charge in [0.25, 0.3) is 0 Å². The maximum Gasteiger partial charge on any atom is 0.246 e. The number of hydrogen-bond acceptors (Lipinski definition) is 36. The molecule has 18 aromatic rings. The molecule has 54 nitrogen and oxygen atoms in total. The van der Waals surface area contributed by atoms with Crippen LogP contribution in [-0.4, -0.2) is 324 Å². The second-order valence-electron chi connectivity index (χ2n) is 36.5. The van der Waals surface area contributed by atoms with Crippen molar-refractivity contribution in [3.8, 4) is 0 Å². The zero-order valence-corrected chi connectivity index (χ0v) is 91.0. The minimum Gasteiger partial charge on any atom is -0.368 e. The summed E-state index contributed by atoms with van der Waals surface area (Å²) in [5, 5.41) is 86.2. The smallest absolute Gasteiger partial charge is 0.246 e. The molecule has 0 radical (unpaired) electrons. The SMILES string of the molecule is CNc1n[nH]c(NCCc2ccc(C)[nH]2)n1.CNc1nc(N(C)CCc2ccc(C)[nH]2)n[nH]1.Cc1ccc(CCN(C)c2n[nH]c(N)n2)[nH]1.Cc1ccc(CCN(C)c2nc(N(C)C)n[nH]2)[nH]1.Cc1ccc(CCN(C)c2nnc(N)n2C)[nH]1.Cc1ccc(CCNc2n[nH]c(N)n2)[nH]1.Cc1ccc(CCNc2nc(N(C)C)n[nH]2)[nH]1.Cc1ccc(CCNc2nnc(N(C)C)n2C)[nH]1.Cc1ccc(CCNc2nnc(N)n2C)[nH]1. The van der Waals surface area contributed by atoms with Crippen molar-refractivity contribution >= 4 is 107 Å². The fraction of sp³-hybridized carbons (Fsp3) is 0.438. The molecule has 0 aliphatic heterocycles. The van der Waals surface area contributed by atoms with E-state index >= 15 is 0 Å². The van der Waals surface area contributed by atoms with E-state index in [9.17, 15) is 0 Å². The molecule has 54 heteroatoms. The standard InChI is InChI=1S/2C12H20N6.3C11H18N6.3C10H16N6.C9H14N6/c1-9-5-6-10(13-9)7-8-18(4)12-14-11(15-16-12)17(2)3;1-9-5-6-10(14-9)7-8-13-11-15-16-12(17(2)3)18(11)4;1-8-4-5-9(13-8)6-7-16(2)11-15-14-10(12)17(11)3;1-8-4-5-9(13-8)6-7-12-10-14-11(16-15-10)17(2)3;1-8-4-5-9(13-8)6-7-17(3)11-14-10(12-2)15-16-11;1-7-3-4-8(12-7)5-6-16(2)10-13-9(11)14-15-10;1-7-3-4-8(13-7)5-6-12-10-15-14-9(11)16(10)2;1-7-3-4-8(13-7)5-6-12-10-14-9(11-2)15-16-10;1-6-2-3-7(12-6)4-5-11-9-13-8(10)14-15-9/h5-6,13H,7-8H2,1-4H3,(H,14,15,16);5-6,14H,7-8H2,1-4H3,(H,13,15);4-5,13H,6-7H2,1-3H3,(H2,12,14);2*4-5,13H,6-7H2,1-3H3,(H2,12,14,15,16);3-4,12H,5-6H2,1-2H3,(H3,11,13,14,15);3-4,13H,5-6H2,1-2H3,(H2,11,14)(H,12,15);3-4,13H,5-6H2,1-2H3,(H3,11,12,14,15,16);2-3,12H,4-5H2,1H3,(H4,10,11,13,14,15). The molecule has 0 aromatic carbocycles. The Morgan fingerprint density at radius 2 is 0.573 bits per heavy atom. The summed E-state index contributed by atoms with van der Waals surface area (Å²) in [7, 11) is 28.7. The summed E-state index contributed by atoms with van der Waals surface area (Å²) in [5.74, 6) is 11.4. The molecule has 150 heavy (non-hydrogen) atoms. The molecule has 0 spiro atoms. The normalized spacial score (nSPS) is 10.6. The Balaban J connectivity index is 0.000000172. The molecule has 18 aromatic heterocycles. The van der Waals surface area contributed by atoms with Gasteiger partial charge in [-0.25, -0.2) is 30.6 Å². The fourth-order valence-electron chi connectivity index (χ4n) is 14.4. The zero-order chi connectivity index (χ0) is 108. The fourth-order valence-corrected chi connectivity index (χ4v) is 14.4. The highest BCUT2D eigenvalue weighted by atomic mass is 15.5. The largest absolute Gasteiger partial charge is 0.368 e. The second-order valence-corrected chi connectivity index (χ2v) is 36.5. The third-order valence-corrected chi connectivity index (χ3v) is 22.9. The molecule has 30 N–H and O–H groups in total. The van der Waals surface area contributed by atoms with Crippen molar-refractivity contribution in [2.75, 3.05) is 238 Å². The van der Waals surface area contributed by atoms with Gasteiger partial charge in [0.05, 0.1) is 0 Å². The van der Waals surface area contributed by atoms with Crippen molar-refractivity contribution in [2.24, 2.45) is 21.1 Å². The van der Waals surface area contributed by atoms with Gasteiger partial charge in [0.15, 0.2) is 0 Å². The van der Waals surface area contributed by atoms with Gasteiger partial charge in [0.1, 0.15) is 0 Å². The number of H-pyrrole nitrogens is 15. The molecule has 810 valence electrons. The third-order valence-electron chi connectivity index (χ3n) is 22.9. The van der Waals surface area contributed by atoms with E-state index in [0.717, 1.165) is 140 Å². The average molecular weight is 2070 g/mol. The lowest BCUT2D eigenvalue weighted by Crippen LogP contribution is -2.23. The van der Waals surface area contributed by atoms with Gasteiger partial charge in [-0.2, -0.15) is 29.9 Å². The molecule has 0 aliphatic rings. The van der Waals surface area contributed by atoms with E-state index in [0.29, 0.717) is 83.3 Å². The van der Waals surface area contributed by atoms with Crippen molar-refractivity contribution < 1.29 is 0 Å². The zero-order valence-electron chi connectivity index (χ0n) is 91.0. The van der Waals surface area contributed by atoms with Gasteiger partial charge in [0.2, 0.25) is 107 Å². The molecule has 0 bridgehead atoms. The Morgan fingerprint density at radius 1 is 0.260 bits per heavy atom. The second kappa shape index (κ2) is 57.8. The molecular formula is C96H156N54. The highest BCUT2D eigenvalue weighted by Gasteiger charge is 2.17. The van der Waals surface area contributed by atoms with Crippen LogP contribution in [0, 0.1) is 62.3 Å². The van der Waals surface area contributed by atoms with Crippen LogP contribution in [0.3, 0.4) is 0 Å². The Bertz CT molecular complexity index is 6740. The van der Waals surface area contributed by atoms with E-state index in [1.807, 2.05) is 160 Å². The van der Waals surface area contributed by atoms with Crippen molar-refractivity contribution in [1.29, 1.82) is 0 Å². The van der Waals surface area contributed by atoms with Crippen molar-refractivity contribution in [3.05, 3.63) is 212 Å². The van der Waals surface area contributed by atoms with Crippen LogP contribution in [0.5, 0.6) is 0 Å². The van der Waals surface area contributed by atoms with Gasteiger partial charge in [0, 0.05) is 325 Å². The first-order valence-electron chi connectivity index (χ1n) is 49.3. The predicted octanol–water partition coefficient (Wildman–Crippen LogP) is 8.60. The van der Waals surface area contributed by atoms with Gasteiger partial charge in [-0.3, -0.25) is 13.7 Å².